The van der Waals surface area contributed by atoms with Gasteiger partial charge >= 0.3 is 0 Å². The molecule has 0 bridgehead atoms. The Labute approximate surface area is 128 Å². The Morgan fingerprint density at radius 3 is 2.18 bits per heavy atom. The van der Waals surface area contributed by atoms with E-state index in [0.29, 0.717) is 0 Å². The summed E-state index contributed by atoms with van der Waals surface area (Å²) in [5.74, 6) is 0. The standard InChI is InChI=1S/C21H15N/c1-22-19-9-5-4-8-17(19)18-13-12-15-11-10-14-6-2-3-7-16(14)20(15)21(18)22/h2-13H,1H3. The van der Waals surface area contributed by atoms with Crippen LogP contribution >= 0.6 is 0 Å². The van der Waals surface area contributed by atoms with Gasteiger partial charge in [-0.3, -0.25) is 0 Å². The van der Waals surface area contributed by atoms with E-state index >= 15 is 0 Å². The van der Waals surface area contributed by atoms with Crippen molar-refractivity contribution in [2.75, 3.05) is 0 Å². The minimum atomic E-state index is 1.29. The zero-order valence-corrected chi connectivity index (χ0v) is 12.4. The van der Waals surface area contributed by atoms with E-state index in [9.17, 15) is 0 Å². The molecule has 0 fully saturated rings. The highest BCUT2D eigenvalue weighted by Gasteiger charge is 2.12. The molecule has 0 unspecified atom stereocenters. The Bertz CT molecular complexity index is 1180. The van der Waals surface area contributed by atoms with E-state index in [1.807, 2.05) is 0 Å². The highest BCUT2D eigenvalue weighted by atomic mass is 14.9. The second-order valence-corrected chi connectivity index (χ2v) is 5.92. The molecule has 0 amide bonds. The molecule has 5 rings (SSSR count). The largest absolute Gasteiger partial charge is 0.343 e. The smallest absolute Gasteiger partial charge is 0.0574 e. The van der Waals surface area contributed by atoms with Gasteiger partial charge in [0.05, 0.1) is 5.52 Å². The molecule has 0 aliphatic rings. The fourth-order valence-corrected chi connectivity index (χ4v) is 3.76. The fourth-order valence-electron chi connectivity index (χ4n) is 3.76. The van der Waals surface area contributed by atoms with Gasteiger partial charge in [-0.25, -0.2) is 0 Å². The lowest BCUT2D eigenvalue weighted by molar-refractivity contribution is 1.02. The van der Waals surface area contributed by atoms with Gasteiger partial charge in [0.15, 0.2) is 0 Å². The van der Waals surface area contributed by atoms with Crippen LogP contribution in [0.4, 0.5) is 0 Å². The van der Waals surface area contributed by atoms with Crippen LogP contribution in [0.5, 0.6) is 0 Å². The van der Waals surface area contributed by atoms with E-state index in [1.54, 1.807) is 0 Å². The van der Waals surface area contributed by atoms with Crippen molar-refractivity contribution < 1.29 is 0 Å². The molecule has 0 radical (unpaired) electrons. The molecular formula is C21H15N. The van der Waals surface area contributed by atoms with Gasteiger partial charge in [0.25, 0.3) is 0 Å². The predicted octanol–water partition coefficient (Wildman–Crippen LogP) is 5.64. The first kappa shape index (κ1) is 11.8. The maximum absolute atomic E-state index is 2.33. The Morgan fingerprint density at radius 2 is 1.27 bits per heavy atom. The van der Waals surface area contributed by atoms with E-state index in [-0.39, 0.29) is 0 Å². The molecule has 0 aliphatic heterocycles. The number of benzene rings is 4. The van der Waals surface area contributed by atoms with E-state index in [2.05, 4.69) is 84.4 Å². The van der Waals surface area contributed by atoms with E-state index in [1.165, 1.54) is 43.4 Å². The average molecular weight is 281 g/mol. The molecule has 104 valence electrons. The van der Waals surface area contributed by atoms with Gasteiger partial charge in [-0.2, -0.15) is 0 Å². The van der Waals surface area contributed by atoms with Crippen molar-refractivity contribution in [3.05, 3.63) is 72.8 Å². The van der Waals surface area contributed by atoms with Crippen molar-refractivity contribution >= 4 is 43.4 Å². The number of rotatable bonds is 0. The minimum Gasteiger partial charge on any atom is -0.343 e. The maximum Gasteiger partial charge on any atom is 0.0574 e. The summed E-state index contributed by atoms with van der Waals surface area (Å²) >= 11 is 0. The lowest BCUT2D eigenvalue weighted by Gasteiger charge is -2.07. The van der Waals surface area contributed by atoms with Gasteiger partial charge in [0, 0.05) is 28.7 Å². The molecule has 1 heterocycles. The molecule has 1 heteroatoms. The van der Waals surface area contributed by atoms with Gasteiger partial charge in [-0.05, 0) is 22.2 Å². The number of aryl methyl sites for hydroxylation is 1. The predicted molar refractivity (Wildman–Crippen MR) is 95.4 cm³/mol. The number of hydrogen-bond acceptors (Lipinski definition) is 0. The summed E-state index contributed by atoms with van der Waals surface area (Å²) in [6.07, 6.45) is 0. The Morgan fingerprint density at radius 1 is 0.591 bits per heavy atom. The molecule has 0 spiro atoms. The van der Waals surface area contributed by atoms with E-state index in [4.69, 9.17) is 0 Å². The normalized spacial score (nSPS) is 11.9. The van der Waals surface area contributed by atoms with Gasteiger partial charge in [0.1, 0.15) is 0 Å². The van der Waals surface area contributed by atoms with Crippen LogP contribution in [0, 0.1) is 0 Å². The van der Waals surface area contributed by atoms with Crippen molar-refractivity contribution in [1.29, 1.82) is 0 Å². The fraction of sp³-hybridized carbons (Fsp3) is 0.0476. The van der Waals surface area contributed by atoms with Crippen LogP contribution in [0.2, 0.25) is 0 Å². The zero-order valence-electron chi connectivity index (χ0n) is 12.4. The second kappa shape index (κ2) is 4.11. The minimum absolute atomic E-state index is 1.29. The molecule has 0 atom stereocenters. The van der Waals surface area contributed by atoms with Crippen LogP contribution in [0.15, 0.2) is 72.8 Å². The third-order valence-corrected chi connectivity index (χ3v) is 4.77. The van der Waals surface area contributed by atoms with Crippen molar-refractivity contribution in [3.63, 3.8) is 0 Å². The summed E-state index contributed by atoms with van der Waals surface area (Å²) < 4.78 is 2.33. The molecule has 0 aliphatic carbocycles. The molecule has 1 nitrogen and oxygen atoms in total. The lowest BCUT2D eigenvalue weighted by Crippen LogP contribution is -1.88. The highest BCUT2D eigenvalue weighted by Crippen LogP contribution is 2.36. The third kappa shape index (κ3) is 1.38. The van der Waals surface area contributed by atoms with Crippen LogP contribution in [0.25, 0.3) is 43.4 Å². The quantitative estimate of drug-likeness (QED) is 0.324. The summed E-state index contributed by atoms with van der Waals surface area (Å²) in [7, 11) is 2.17. The average Bonchev–Trinajstić information content (AvgIpc) is 2.88. The van der Waals surface area contributed by atoms with Crippen LogP contribution in [0.1, 0.15) is 0 Å². The first-order valence-corrected chi connectivity index (χ1v) is 7.62. The van der Waals surface area contributed by atoms with Gasteiger partial charge < -0.3 is 4.57 Å². The van der Waals surface area contributed by atoms with Crippen molar-refractivity contribution in [3.8, 4) is 0 Å². The second-order valence-electron chi connectivity index (χ2n) is 5.92. The van der Waals surface area contributed by atoms with E-state index in [0.717, 1.165) is 0 Å². The molecule has 5 aromatic rings. The summed E-state index contributed by atoms with van der Waals surface area (Å²) in [6.45, 7) is 0. The lowest BCUT2D eigenvalue weighted by atomic mass is 9.99. The van der Waals surface area contributed by atoms with Gasteiger partial charge in [0.2, 0.25) is 0 Å². The topological polar surface area (TPSA) is 4.93 Å². The SMILES string of the molecule is Cn1c2ccccc2c2ccc3ccc4ccccc4c3c21. The molecule has 4 aromatic carbocycles. The molecular weight excluding hydrogens is 266 g/mol. The molecule has 0 saturated carbocycles. The molecule has 22 heavy (non-hydrogen) atoms. The van der Waals surface area contributed by atoms with Crippen molar-refractivity contribution in [2.45, 2.75) is 0 Å². The monoisotopic (exact) mass is 281 g/mol. The number of hydrogen-bond donors (Lipinski definition) is 0. The number of nitrogens with zero attached hydrogens (tertiary/aromatic N) is 1. The summed E-state index contributed by atoms with van der Waals surface area (Å²) in [4.78, 5) is 0. The number of aromatic nitrogens is 1. The summed E-state index contributed by atoms with van der Waals surface area (Å²) in [6, 6.07) is 26.3. The van der Waals surface area contributed by atoms with E-state index < -0.39 is 0 Å². The van der Waals surface area contributed by atoms with Gasteiger partial charge in [-0.15, -0.1) is 0 Å². The Balaban J connectivity index is 2.18. The first-order chi connectivity index (χ1) is 10.8. The summed E-state index contributed by atoms with van der Waals surface area (Å²) in [5.41, 5.74) is 2.62. The Kier molecular flexibility index (Phi) is 2.21. The Hall–Kier alpha value is -2.80. The van der Waals surface area contributed by atoms with Crippen LogP contribution < -0.4 is 0 Å². The molecule has 0 saturated heterocycles. The van der Waals surface area contributed by atoms with Gasteiger partial charge in [-0.1, -0.05) is 66.7 Å². The first-order valence-electron chi connectivity index (χ1n) is 7.62. The third-order valence-electron chi connectivity index (χ3n) is 4.77. The van der Waals surface area contributed by atoms with Crippen molar-refractivity contribution in [1.82, 2.24) is 4.57 Å². The van der Waals surface area contributed by atoms with Crippen LogP contribution in [-0.4, -0.2) is 4.57 Å². The highest BCUT2D eigenvalue weighted by molar-refractivity contribution is 6.24. The molecule has 0 N–H and O–H groups in total. The van der Waals surface area contributed by atoms with Crippen LogP contribution in [-0.2, 0) is 7.05 Å². The summed E-state index contributed by atoms with van der Waals surface area (Å²) in [5, 5.41) is 7.95. The van der Waals surface area contributed by atoms with Crippen molar-refractivity contribution in [2.24, 2.45) is 7.05 Å². The van der Waals surface area contributed by atoms with Crippen LogP contribution in [0.3, 0.4) is 0 Å². The number of fused-ring (bicyclic) bond motifs is 7. The zero-order chi connectivity index (χ0) is 14.7. The molecule has 1 aromatic heterocycles. The number of para-hydroxylation sites is 1. The maximum atomic E-state index is 2.33.